The predicted molar refractivity (Wildman–Crippen MR) is 73.7 cm³/mol. The molecule has 1 rings (SSSR count). The molecule has 108 valence electrons. The van der Waals surface area contributed by atoms with Crippen LogP contribution in [-0.4, -0.2) is 35.6 Å². The molecular formula is C13H17N3O4. The predicted octanol–water partition coefficient (Wildman–Crippen LogP) is 1.03. The van der Waals surface area contributed by atoms with E-state index < -0.39 is 18.0 Å². The van der Waals surface area contributed by atoms with Gasteiger partial charge in [0, 0.05) is 12.2 Å². The largest absolute Gasteiger partial charge is 0.478 e. The van der Waals surface area contributed by atoms with Crippen LogP contribution in [0.5, 0.6) is 0 Å². The zero-order valence-electron chi connectivity index (χ0n) is 11.3. The molecule has 4 N–H and O–H groups in total. The van der Waals surface area contributed by atoms with Crippen molar-refractivity contribution in [1.82, 2.24) is 10.6 Å². The third-order valence-electron chi connectivity index (χ3n) is 2.46. The topological polar surface area (TPSA) is 108 Å². The number of likely N-dealkylation sites (N-methyl/N-ethyl adjacent to an activating group) is 1. The lowest BCUT2D eigenvalue weighted by Gasteiger charge is -2.14. The van der Waals surface area contributed by atoms with E-state index in [9.17, 15) is 14.4 Å². The summed E-state index contributed by atoms with van der Waals surface area (Å²) in [4.78, 5) is 33.9. The number of carbonyl (C=O) groups is 3. The van der Waals surface area contributed by atoms with E-state index in [1.54, 1.807) is 19.9 Å². The van der Waals surface area contributed by atoms with Gasteiger partial charge in [0.05, 0.1) is 5.56 Å². The highest BCUT2D eigenvalue weighted by atomic mass is 16.4. The smallest absolute Gasteiger partial charge is 0.335 e. The van der Waals surface area contributed by atoms with Crippen molar-refractivity contribution < 1.29 is 19.5 Å². The van der Waals surface area contributed by atoms with Crippen molar-refractivity contribution in [1.29, 1.82) is 0 Å². The molecule has 0 heterocycles. The number of rotatable bonds is 5. The first-order valence-corrected chi connectivity index (χ1v) is 6.12. The zero-order valence-corrected chi connectivity index (χ0v) is 11.3. The minimum atomic E-state index is -1.08. The molecule has 7 nitrogen and oxygen atoms in total. The van der Waals surface area contributed by atoms with Crippen molar-refractivity contribution in [3.63, 3.8) is 0 Å². The summed E-state index contributed by atoms with van der Waals surface area (Å²) in [7, 11) is 0. The van der Waals surface area contributed by atoms with Crippen molar-refractivity contribution in [3.05, 3.63) is 29.8 Å². The Morgan fingerprint density at radius 2 is 2.00 bits per heavy atom. The lowest BCUT2D eigenvalue weighted by atomic mass is 10.2. The molecular weight excluding hydrogens is 262 g/mol. The molecule has 0 saturated carbocycles. The number of carbonyl (C=O) groups excluding carboxylic acids is 2. The summed E-state index contributed by atoms with van der Waals surface area (Å²) in [6, 6.07) is 4.57. The molecule has 20 heavy (non-hydrogen) atoms. The number of amides is 3. The first kappa shape index (κ1) is 15.5. The summed E-state index contributed by atoms with van der Waals surface area (Å²) >= 11 is 0. The molecule has 7 heteroatoms. The van der Waals surface area contributed by atoms with E-state index >= 15 is 0 Å². The third kappa shape index (κ3) is 4.60. The minimum Gasteiger partial charge on any atom is -0.478 e. The maximum atomic E-state index is 11.7. The van der Waals surface area contributed by atoms with Gasteiger partial charge in [0.1, 0.15) is 6.04 Å². The van der Waals surface area contributed by atoms with Crippen molar-refractivity contribution in [3.8, 4) is 0 Å². The fraction of sp³-hybridized carbons (Fsp3) is 0.308. The van der Waals surface area contributed by atoms with E-state index in [0.717, 1.165) is 0 Å². The number of hydrogen-bond donors (Lipinski definition) is 4. The van der Waals surface area contributed by atoms with Crippen LogP contribution in [0.3, 0.4) is 0 Å². The lowest BCUT2D eigenvalue weighted by Crippen LogP contribution is -2.46. The Morgan fingerprint density at radius 1 is 1.30 bits per heavy atom. The molecule has 0 aliphatic heterocycles. The Bertz CT molecular complexity index is 516. The molecule has 0 radical (unpaired) electrons. The number of carboxylic acids is 1. The molecule has 1 aromatic carbocycles. The zero-order chi connectivity index (χ0) is 15.1. The van der Waals surface area contributed by atoms with Crippen LogP contribution < -0.4 is 16.0 Å². The first-order valence-electron chi connectivity index (χ1n) is 6.12. The van der Waals surface area contributed by atoms with E-state index in [-0.39, 0.29) is 11.5 Å². The van der Waals surface area contributed by atoms with Crippen LogP contribution in [0.15, 0.2) is 24.3 Å². The van der Waals surface area contributed by atoms with Crippen LogP contribution in [0.2, 0.25) is 0 Å². The lowest BCUT2D eigenvalue weighted by molar-refractivity contribution is -0.122. The van der Waals surface area contributed by atoms with Gasteiger partial charge in [0.15, 0.2) is 0 Å². The average Bonchev–Trinajstić information content (AvgIpc) is 2.39. The van der Waals surface area contributed by atoms with Gasteiger partial charge in [-0.1, -0.05) is 6.07 Å². The summed E-state index contributed by atoms with van der Waals surface area (Å²) in [6.07, 6.45) is 0. The number of hydrogen-bond acceptors (Lipinski definition) is 3. The second kappa shape index (κ2) is 7.13. The van der Waals surface area contributed by atoms with Gasteiger partial charge in [0.2, 0.25) is 5.91 Å². The molecule has 0 bridgehead atoms. The van der Waals surface area contributed by atoms with Gasteiger partial charge in [-0.15, -0.1) is 0 Å². The number of aromatic carboxylic acids is 1. The van der Waals surface area contributed by atoms with Gasteiger partial charge in [-0.2, -0.15) is 0 Å². The molecule has 0 saturated heterocycles. The monoisotopic (exact) mass is 279 g/mol. The fourth-order valence-corrected chi connectivity index (χ4v) is 1.49. The average molecular weight is 279 g/mol. The van der Waals surface area contributed by atoms with Gasteiger partial charge in [-0.25, -0.2) is 9.59 Å². The molecule has 1 atom stereocenters. The molecule has 3 amide bonds. The van der Waals surface area contributed by atoms with Crippen molar-refractivity contribution in [2.75, 3.05) is 11.9 Å². The summed E-state index contributed by atoms with van der Waals surface area (Å²) in [5, 5.41) is 16.3. The highest BCUT2D eigenvalue weighted by molar-refractivity contribution is 5.95. The van der Waals surface area contributed by atoms with E-state index in [2.05, 4.69) is 16.0 Å². The maximum absolute atomic E-state index is 11.7. The van der Waals surface area contributed by atoms with E-state index in [0.29, 0.717) is 12.2 Å². The number of carboxylic acid groups (broad SMARTS) is 1. The molecule has 1 aromatic rings. The van der Waals surface area contributed by atoms with Crippen molar-refractivity contribution in [2.24, 2.45) is 0 Å². The maximum Gasteiger partial charge on any atom is 0.335 e. The van der Waals surface area contributed by atoms with Crippen LogP contribution in [0, 0.1) is 0 Å². The van der Waals surface area contributed by atoms with Gasteiger partial charge >= 0.3 is 12.0 Å². The van der Waals surface area contributed by atoms with E-state index in [1.807, 2.05) is 0 Å². The Hall–Kier alpha value is -2.57. The summed E-state index contributed by atoms with van der Waals surface area (Å²) in [6.45, 7) is 3.81. The number of anilines is 1. The molecule has 0 fully saturated rings. The number of benzene rings is 1. The van der Waals surface area contributed by atoms with Crippen LogP contribution in [0.1, 0.15) is 24.2 Å². The summed E-state index contributed by atoms with van der Waals surface area (Å²) < 4.78 is 0. The number of nitrogens with one attached hydrogen (secondary N) is 3. The fourth-order valence-electron chi connectivity index (χ4n) is 1.49. The third-order valence-corrected chi connectivity index (χ3v) is 2.46. The van der Waals surface area contributed by atoms with E-state index in [1.165, 1.54) is 18.2 Å². The highest BCUT2D eigenvalue weighted by Crippen LogP contribution is 2.10. The SMILES string of the molecule is CCNC(=O)C(C)NC(=O)Nc1cccc(C(=O)O)c1. The highest BCUT2D eigenvalue weighted by Gasteiger charge is 2.14. The normalized spacial score (nSPS) is 11.3. The van der Waals surface area contributed by atoms with Gasteiger partial charge in [-0.3, -0.25) is 4.79 Å². The van der Waals surface area contributed by atoms with Crippen molar-refractivity contribution in [2.45, 2.75) is 19.9 Å². The Kier molecular flexibility index (Phi) is 5.52. The second-order valence-corrected chi connectivity index (χ2v) is 4.10. The van der Waals surface area contributed by atoms with Gasteiger partial charge in [0.25, 0.3) is 0 Å². The quantitative estimate of drug-likeness (QED) is 0.645. The standard InChI is InChI=1S/C13H17N3O4/c1-3-14-11(17)8(2)15-13(20)16-10-6-4-5-9(7-10)12(18)19/h4-8H,3H2,1-2H3,(H,14,17)(H,18,19)(H2,15,16,20). The minimum absolute atomic E-state index is 0.0691. The summed E-state index contributed by atoms with van der Waals surface area (Å²) in [5.41, 5.74) is 0.407. The van der Waals surface area contributed by atoms with Crippen LogP contribution >= 0.6 is 0 Å². The Labute approximate surface area is 116 Å². The molecule has 1 unspecified atom stereocenters. The second-order valence-electron chi connectivity index (χ2n) is 4.10. The van der Waals surface area contributed by atoms with Crippen LogP contribution in [0.25, 0.3) is 0 Å². The Balaban J connectivity index is 2.60. The first-order chi connectivity index (χ1) is 9.43. The molecule has 0 aliphatic rings. The number of urea groups is 1. The van der Waals surface area contributed by atoms with E-state index in [4.69, 9.17) is 5.11 Å². The van der Waals surface area contributed by atoms with Crippen LogP contribution in [0.4, 0.5) is 10.5 Å². The molecule has 0 aliphatic carbocycles. The summed E-state index contributed by atoms with van der Waals surface area (Å²) in [5.74, 6) is -1.37. The molecule has 0 aromatic heterocycles. The Morgan fingerprint density at radius 3 is 2.60 bits per heavy atom. The molecule has 0 spiro atoms. The van der Waals surface area contributed by atoms with Crippen LogP contribution in [-0.2, 0) is 4.79 Å². The van der Waals surface area contributed by atoms with Gasteiger partial charge in [-0.05, 0) is 32.0 Å². The van der Waals surface area contributed by atoms with Crippen molar-refractivity contribution >= 4 is 23.6 Å². The van der Waals surface area contributed by atoms with Gasteiger partial charge < -0.3 is 21.1 Å².